The number of nitro groups is 1. The summed E-state index contributed by atoms with van der Waals surface area (Å²) in [5.74, 6) is -1.69. The Bertz CT molecular complexity index is 1100. The number of imidazole rings is 1. The quantitative estimate of drug-likeness (QED) is 0.473. The van der Waals surface area contributed by atoms with Crippen molar-refractivity contribution in [3.05, 3.63) is 50.8 Å². The third-order valence-corrected chi connectivity index (χ3v) is 5.93. The SMILES string of the molecule is C[C@]1(CN2Cc3nc(-c4ncc(F)cc4F)sc3C2)Cn2cc([N+](=O)[O-])nc2O1. The molecule has 0 unspecified atom stereocenters. The van der Waals surface area contributed by atoms with Gasteiger partial charge >= 0.3 is 11.8 Å². The van der Waals surface area contributed by atoms with E-state index in [-0.39, 0.29) is 17.5 Å². The molecule has 1 atom stereocenters. The average Bonchev–Trinajstić information content (AvgIpc) is 3.33. The minimum atomic E-state index is -0.732. The molecule has 3 aromatic rings. The number of rotatable bonds is 4. The highest BCUT2D eigenvalue weighted by molar-refractivity contribution is 7.15. The molecule has 12 heteroatoms. The van der Waals surface area contributed by atoms with Crippen LogP contribution in [0.4, 0.5) is 14.6 Å². The van der Waals surface area contributed by atoms with E-state index in [0.29, 0.717) is 31.2 Å². The van der Waals surface area contributed by atoms with E-state index in [2.05, 4.69) is 19.9 Å². The number of aromatic nitrogens is 4. The van der Waals surface area contributed by atoms with Crippen molar-refractivity contribution in [3.63, 3.8) is 0 Å². The van der Waals surface area contributed by atoms with Gasteiger partial charge in [-0.05, 0) is 11.8 Å². The molecular formula is C17H14F2N6O3S. The van der Waals surface area contributed by atoms with Crippen LogP contribution in [0.25, 0.3) is 10.7 Å². The third-order valence-electron chi connectivity index (χ3n) is 4.84. The monoisotopic (exact) mass is 420 g/mol. The first-order chi connectivity index (χ1) is 13.8. The fourth-order valence-electron chi connectivity index (χ4n) is 3.72. The number of fused-ring (bicyclic) bond motifs is 2. The second-order valence-corrected chi connectivity index (χ2v) is 8.42. The van der Waals surface area contributed by atoms with E-state index < -0.39 is 22.2 Å². The van der Waals surface area contributed by atoms with Gasteiger partial charge in [0.25, 0.3) is 0 Å². The summed E-state index contributed by atoms with van der Waals surface area (Å²) in [6, 6.07) is 1.04. The summed E-state index contributed by atoms with van der Waals surface area (Å²) in [5.41, 5.74) is 0.319. The minimum absolute atomic E-state index is 0.0513. The number of hydrogen-bond acceptors (Lipinski definition) is 8. The molecule has 29 heavy (non-hydrogen) atoms. The van der Waals surface area contributed by atoms with Crippen molar-refractivity contribution in [3.8, 4) is 16.7 Å². The fraction of sp³-hybridized carbons (Fsp3) is 0.353. The van der Waals surface area contributed by atoms with Crippen LogP contribution in [-0.2, 0) is 19.6 Å². The molecular weight excluding hydrogens is 406 g/mol. The Balaban J connectivity index is 1.27. The van der Waals surface area contributed by atoms with Crippen LogP contribution in [0.2, 0.25) is 0 Å². The Morgan fingerprint density at radius 2 is 2.21 bits per heavy atom. The van der Waals surface area contributed by atoms with Crippen molar-refractivity contribution in [2.75, 3.05) is 6.54 Å². The van der Waals surface area contributed by atoms with Crippen LogP contribution < -0.4 is 4.74 Å². The van der Waals surface area contributed by atoms with E-state index in [4.69, 9.17) is 4.74 Å². The van der Waals surface area contributed by atoms with Crippen molar-refractivity contribution in [2.45, 2.75) is 32.2 Å². The van der Waals surface area contributed by atoms with Gasteiger partial charge in [0.15, 0.2) is 5.82 Å². The molecule has 5 heterocycles. The molecule has 0 saturated carbocycles. The maximum Gasteiger partial charge on any atom is 0.415 e. The van der Waals surface area contributed by atoms with Crippen LogP contribution >= 0.6 is 11.3 Å². The molecule has 0 saturated heterocycles. The van der Waals surface area contributed by atoms with Gasteiger partial charge in [0.2, 0.25) is 0 Å². The van der Waals surface area contributed by atoms with Gasteiger partial charge in [-0.1, -0.05) is 0 Å². The molecule has 0 spiro atoms. The van der Waals surface area contributed by atoms with Crippen LogP contribution in [-0.4, -0.2) is 41.5 Å². The maximum atomic E-state index is 14.0. The highest BCUT2D eigenvalue weighted by atomic mass is 32.1. The van der Waals surface area contributed by atoms with Crippen LogP contribution in [0.3, 0.4) is 0 Å². The molecule has 0 radical (unpaired) electrons. The summed E-state index contributed by atoms with van der Waals surface area (Å²) >= 11 is 1.34. The van der Waals surface area contributed by atoms with Crippen LogP contribution in [0.15, 0.2) is 18.5 Å². The zero-order chi connectivity index (χ0) is 20.3. The van der Waals surface area contributed by atoms with Gasteiger partial charge in [-0.25, -0.2) is 18.7 Å². The zero-order valence-corrected chi connectivity index (χ0v) is 15.9. The maximum absolute atomic E-state index is 14.0. The molecule has 150 valence electrons. The molecule has 0 amide bonds. The summed E-state index contributed by atoms with van der Waals surface area (Å²) in [6.45, 7) is 4.15. The molecule has 2 aliphatic heterocycles. The number of pyridine rings is 1. The van der Waals surface area contributed by atoms with Gasteiger partial charge in [-0.2, -0.15) is 0 Å². The highest BCUT2D eigenvalue weighted by Gasteiger charge is 2.42. The standard InChI is InChI=1S/C17H14F2N6O3S/c1-17(8-24-6-13(25(26)27)22-16(24)28-17)7-23-4-11-12(5-23)29-15(21-11)14-10(19)2-9(18)3-20-14/h2-3,6H,4-5,7-8H2,1H3/t17-/m0/s1. The molecule has 3 aromatic heterocycles. The van der Waals surface area contributed by atoms with Crippen molar-refractivity contribution in [1.29, 1.82) is 0 Å². The normalized spacial score (nSPS) is 20.5. The number of thiazole rings is 1. The molecule has 2 aliphatic rings. The second kappa shape index (κ2) is 6.26. The van der Waals surface area contributed by atoms with Gasteiger partial charge in [-0.3, -0.25) is 9.47 Å². The minimum Gasteiger partial charge on any atom is -0.436 e. The smallest absolute Gasteiger partial charge is 0.415 e. The Morgan fingerprint density at radius 1 is 1.38 bits per heavy atom. The highest BCUT2D eigenvalue weighted by Crippen LogP contribution is 2.37. The molecule has 0 bridgehead atoms. The summed E-state index contributed by atoms with van der Waals surface area (Å²) in [7, 11) is 0. The van der Waals surface area contributed by atoms with Crippen molar-refractivity contribution >= 4 is 17.2 Å². The van der Waals surface area contributed by atoms with E-state index in [0.717, 1.165) is 22.8 Å². The molecule has 0 fully saturated rings. The molecule has 9 nitrogen and oxygen atoms in total. The van der Waals surface area contributed by atoms with E-state index in [1.165, 1.54) is 17.5 Å². The number of hydrogen-bond donors (Lipinski definition) is 0. The lowest BCUT2D eigenvalue weighted by atomic mass is 10.1. The molecule has 0 aliphatic carbocycles. The average molecular weight is 420 g/mol. The number of nitrogens with zero attached hydrogens (tertiary/aromatic N) is 6. The molecule has 0 N–H and O–H groups in total. The first-order valence-electron chi connectivity index (χ1n) is 8.73. The van der Waals surface area contributed by atoms with Crippen LogP contribution in [0.1, 0.15) is 17.5 Å². The first-order valence-corrected chi connectivity index (χ1v) is 9.54. The topological polar surface area (TPSA) is 99.2 Å². The molecule has 0 aromatic carbocycles. The van der Waals surface area contributed by atoms with Gasteiger partial charge in [-0.15, -0.1) is 11.3 Å². The lowest BCUT2D eigenvalue weighted by Crippen LogP contribution is -2.43. The summed E-state index contributed by atoms with van der Waals surface area (Å²) < 4.78 is 34.5. The Labute approximate surface area is 166 Å². The van der Waals surface area contributed by atoms with E-state index in [9.17, 15) is 18.9 Å². The summed E-state index contributed by atoms with van der Waals surface area (Å²) in [5, 5.41) is 11.3. The predicted molar refractivity (Wildman–Crippen MR) is 97.3 cm³/mol. The lowest BCUT2D eigenvalue weighted by Gasteiger charge is -2.27. The predicted octanol–water partition coefficient (Wildman–Crippen LogP) is 2.75. The van der Waals surface area contributed by atoms with Gasteiger partial charge in [0.1, 0.15) is 28.3 Å². The Kier molecular flexibility index (Phi) is 3.90. The zero-order valence-electron chi connectivity index (χ0n) is 15.1. The van der Waals surface area contributed by atoms with Crippen molar-refractivity contribution < 1.29 is 18.4 Å². The fourth-order valence-corrected chi connectivity index (χ4v) is 4.83. The Morgan fingerprint density at radius 3 is 2.90 bits per heavy atom. The van der Waals surface area contributed by atoms with Crippen LogP contribution in [0.5, 0.6) is 6.01 Å². The van der Waals surface area contributed by atoms with Crippen LogP contribution in [0, 0.1) is 21.7 Å². The summed E-state index contributed by atoms with van der Waals surface area (Å²) in [4.78, 5) is 25.6. The van der Waals surface area contributed by atoms with Crippen molar-refractivity contribution in [2.24, 2.45) is 0 Å². The first kappa shape index (κ1) is 18.1. The lowest BCUT2D eigenvalue weighted by molar-refractivity contribution is -0.389. The van der Waals surface area contributed by atoms with E-state index in [1.807, 2.05) is 6.92 Å². The summed E-state index contributed by atoms with van der Waals surface area (Å²) in [6.07, 6.45) is 2.35. The van der Waals surface area contributed by atoms with Gasteiger partial charge < -0.3 is 14.9 Å². The van der Waals surface area contributed by atoms with E-state index in [1.54, 1.807) is 4.57 Å². The van der Waals surface area contributed by atoms with Gasteiger partial charge in [0, 0.05) is 35.6 Å². The second-order valence-electron chi connectivity index (χ2n) is 7.34. The van der Waals surface area contributed by atoms with E-state index >= 15 is 0 Å². The molecule has 5 rings (SSSR count). The van der Waals surface area contributed by atoms with Crippen molar-refractivity contribution in [1.82, 2.24) is 24.4 Å². The number of halogens is 2. The third kappa shape index (κ3) is 3.13. The van der Waals surface area contributed by atoms with Gasteiger partial charge in [0.05, 0.1) is 18.4 Å². The largest absolute Gasteiger partial charge is 0.436 e. The number of ether oxygens (including phenoxy) is 1. The Hall–Kier alpha value is -2.99.